The van der Waals surface area contributed by atoms with Gasteiger partial charge >= 0.3 is 0 Å². The van der Waals surface area contributed by atoms with Gasteiger partial charge in [-0.25, -0.2) is 4.98 Å². The van der Waals surface area contributed by atoms with Crippen molar-refractivity contribution in [3.63, 3.8) is 0 Å². The van der Waals surface area contributed by atoms with Crippen LogP contribution in [0.5, 0.6) is 0 Å². The van der Waals surface area contributed by atoms with Crippen LogP contribution in [-0.2, 0) is 29.1 Å². The fourth-order valence-corrected chi connectivity index (χ4v) is 26.6. The van der Waals surface area contributed by atoms with E-state index in [1.54, 1.807) is 0 Å². The molecule has 0 N–H and O–H groups in total. The van der Waals surface area contributed by atoms with Crippen molar-refractivity contribution < 1.29 is 0 Å². The molecule has 0 radical (unpaired) electrons. The maximum absolute atomic E-state index is 5.25. The summed E-state index contributed by atoms with van der Waals surface area (Å²) < 4.78 is 0. The first-order valence-corrected chi connectivity index (χ1v) is 52.6. The SMILES string of the molecule is CC1(C)c2ccccc2-c2cc(-c3c4ccccc4c(-c4ccc5c6c(cccc46)CC5)c4ccc(-c5ccc6ccccc6c5)cc34)ccc21.CC1(C)c2ccccc2-c2cc(-c3c4ccccc4c(-c4ccc5ccccc5n4)c4ccc(-c5ccc6ccccc6c5)cc34)ccc21.CC1(C)c2ccccc2-c2cc(-c3c4ccccc4c(-c4nccc5ccccc45)c4ccc(-c5ccc6ccccc6c5)cc34)ccc21. The third kappa shape index (κ3) is 13.9. The molecule has 0 saturated carbocycles. The average Bonchev–Trinajstić information content (AvgIpc) is 1.71. The van der Waals surface area contributed by atoms with Gasteiger partial charge in [-0.2, -0.15) is 0 Å². The normalized spacial score (nSPS) is 13.5. The summed E-state index contributed by atoms with van der Waals surface area (Å²) in [5.74, 6) is 0. The first-order chi connectivity index (χ1) is 73.1. The van der Waals surface area contributed by atoms with E-state index in [0.29, 0.717) is 0 Å². The predicted octanol–water partition coefficient (Wildman–Crippen LogP) is 39.7. The number of nitrogens with zero attached hydrogens (tertiary/aromatic N) is 2. The van der Waals surface area contributed by atoms with Gasteiger partial charge in [-0.05, 0) is 355 Å². The lowest BCUT2D eigenvalue weighted by molar-refractivity contribution is 0.660. The van der Waals surface area contributed by atoms with Crippen molar-refractivity contribution in [1.82, 2.24) is 9.97 Å². The molecular weight excluding hydrogens is 1790 g/mol. The second-order valence-electron chi connectivity index (χ2n) is 43.0. The van der Waals surface area contributed by atoms with Crippen LogP contribution in [0.1, 0.15) is 86.1 Å². The molecule has 2 heterocycles. The van der Waals surface area contributed by atoms with Gasteiger partial charge in [-0.1, -0.05) is 448 Å². The molecule has 25 aromatic carbocycles. The molecular formula is C147H102N2. The Morgan fingerprint density at radius 1 is 0.174 bits per heavy atom. The zero-order chi connectivity index (χ0) is 99.2. The average molecular weight is 1900 g/mol. The molecule has 4 aliphatic rings. The number of aryl methyl sites for hydroxylation is 2. The quantitative estimate of drug-likeness (QED) is 0.135. The van der Waals surface area contributed by atoms with Crippen molar-refractivity contribution in [3.8, 4) is 134 Å². The molecule has 2 aromatic heterocycles. The van der Waals surface area contributed by atoms with Gasteiger partial charge < -0.3 is 0 Å². The Morgan fingerprint density at radius 2 is 0.490 bits per heavy atom. The largest absolute Gasteiger partial charge is 0.256 e. The summed E-state index contributed by atoms with van der Waals surface area (Å²) in [4.78, 5) is 10.3. The minimum absolute atomic E-state index is 0.0303. The molecule has 0 amide bonds. The van der Waals surface area contributed by atoms with Crippen LogP contribution >= 0.6 is 0 Å². The van der Waals surface area contributed by atoms with Gasteiger partial charge in [0.25, 0.3) is 0 Å². The van der Waals surface area contributed by atoms with Gasteiger partial charge in [0.2, 0.25) is 0 Å². The lowest BCUT2D eigenvalue weighted by Gasteiger charge is -2.22. The third-order valence-electron chi connectivity index (χ3n) is 33.8. The van der Waals surface area contributed by atoms with Crippen LogP contribution in [0.25, 0.3) is 263 Å². The molecule has 2 heteroatoms. The number of benzene rings is 25. The highest BCUT2D eigenvalue weighted by Crippen LogP contribution is 2.58. The number of rotatable bonds is 9. The Morgan fingerprint density at radius 3 is 0.946 bits per heavy atom. The van der Waals surface area contributed by atoms with Crippen molar-refractivity contribution in [2.24, 2.45) is 0 Å². The van der Waals surface area contributed by atoms with Gasteiger partial charge in [0.05, 0.1) is 16.9 Å². The van der Waals surface area contributed by atoms with Crippen LogP contribution in [0, 0.1) is 0 Å². The van der Waals surface area contributed by atoms with E-state index >= 15 is 0 Å². The minimum Gasteiger partial charge on any atom is -0.256 e. The molecule has 149 heavy (non-hydrogen) atoms. The van der Waals surface area contributed by atoms with Crippen molar-refractivity contribution in [2.75, 3.05) is 0 Å². The lowest BCUT2D eigenvalue weighted by atomic mass is 9.81. The Labute approximate surface area is 867 Å². The van der Waals surface area contributed by atoms with Crippen molar-refractivity contribution in [1.29, 1.82) is 0 Å². The lowest BCUT2D eigenvalue weighted by Crippen LogP contribution is -2.14. The highest BCUT2D eigenvalue weighted by atomic mass is 14.7. The fourth-order valence-electron chi connectivity index (χ4n) is 26.6. The van der Waals surface area contributed by atoms with Crippen molar-refractivity contribution in [2.45, 2.75) is 70.6 Å². The molecule has 4 aliphatic carbocycles. The predicted molar refractivity (Wildman–Crippen MR) is 634 cm³/mol. The molecule has 0 spiro atoms. The second-order valence-corrected chi connectivity index (χ2v) is 43.0. The van der Waals surface area contributed by atoms with E-state index in [-0.39, 0.29) is 16.2 Å². The third-order valence-corrected chi connectivity index (χ3v) is 33.8. The maximum atomic E-state index is 5.25. The molecule has 0 bridgehead atoms. The van der Waals surface area contributed by atoms with Crippen LogP contribution in [-0.4, -0.2) is 9.97 Å². The van der Waals surface area contributed by atoms with Crippen LogP contribution in [0.15, 0.2) is 485 Å². The number of fused-ring (bicyclic) bond motifs is 20. The van der Waals surface area contributed by atoms with Crippen molar-refractivity contribution in [3.05, 3.63) is 530 Å². The Hall–Kier alpha value is -18.1. The molecule has 0 aliphatic heterocycles. The van der Waals surface area contributed by atoms with E-state index in [2.05, 4.69) is 521 Å². The molecule has 0 saturated heterocycles. The van der Waals surface area contributed by atoms with Gasteiger partial charge in [0, 0.05) is 44.3 Å². The van der Waals surface area contributed by atoms with Crippen molar-refractivity contribution >= 4 is 129 Å². The first-order valence-electron chi connectivity index (χ1n) is 52.6. The zero-order valence-electron chi connectivity index (χ0n) is 84.0. The van der Waals surface area contributed by atoms with E-state index in [1.807, 2.05) is 6.20 Å². The number of hydrogen-bond donors (Lipinski definition) is 0. The molecule has 0 atom stereocenters. The highest BCUT2D eigenvalue weighted by molar-refractivity contribution is 6.28. The molecule has 0 unspecified atom stereocenters. The number of para-hydroxylation sites is 1. The van der Waals surface area contributed by atoms with Gasteiger partial charge in [0.15, 0.2) is 0 Å². The smallest absolute Gasteiger partial charge is 0.0792 e. The Bertz CT molecular complexity index is 10400. The van der Waals surface area contributed by atoms with E-state index < -0.39 is 0 Å². The first kappa shape index (κ1) is 87.5. The topological polar surface area (TPSA) is 25.8 Å². The van der Waals surface area contributed by atoms with E-state index in [0.717, 1.165) is 35.1 Å². The molecule has 0 fully saturated rings. The summed E-state index contributed by atoms with van der Waals surface area (Å²) in [6.07, 6.45) is 4.21. The van der Waals surface area contributed by atoms with E-state index in [4.69, 9.17) is 9.97 Å². The second kappa shape index (κ2) is 34.0. The summed E-state index contributed by atoms with van der Waals surface area (Å²) in [6.45, 7) is 14.1. The van der Waals surface area contributed by atoms with E-state index in [9.17, 15) is 0 Å². The zero-order valence-corrected chi connectivity index (χ0v) is 84.0. The van der Waals surface area contributed by atoms with Gasteiger partial charge in [-0.3, -0.25) is 4.98 Å². The van der Waals surface area contributed by atoms with Gasteiger partial charge in [-0.15, -0.1) is 0 Å². The number of aromatic nitrogens is 2. The molecule has 31 rings (SSSR count). The maximum Gasteiger partial charge on any atom is 0.0792 e. The monoisotopic (exact) mass is 1890 g/mol. The summed E-state index contributed by atoms with van der Waals surface area (Å²) in [5, 5.41) is 28.9. The fraction of sp³-hybridized carbons (Fsp3) is 0.0748. The van der Waals surface area contributed by atoms with E-state index in [1.165, 1.54) is 285 Å². The standard InChI is InChI=1S/C51H36.2C48H33N/c1-51(2)46-17-8-7-13-38(46)44-30-37(24-27-47(44)51)49-40-14-5-6-15-41(40)50(42-25-22-33-20-19-32-12-9-16-39(42)48(32)33)43-26-23-36(29-45(43)49)35-21-18-31-10-3-4-11-34(31)28-35;1-48(2)42-17-9-8-14-36(42)40-29-35(22-25-43(40)48)46-37-15-6-7-16-38(37)47(45-26-23-31-12-5-10-18-44(31)49-45)39-24-21-34(28-41(39)46)33-20-19-30-11-3-4-13-32(30)27-33;1-48(2)43-18-10-9-15-37(43)41-29-35(22-24-44(41)48)45-38-16-7-8-17-39(38)46(47-36-14-6-5-12-31(36)25-26-49-47)40-23-21-34(28-42(40)45)33-20-19-30-11-3-4-13-32(30)27-33/h3-18,21-30H,19-20H2,1-2H3;2*3-29H,1-2H3. The van der Waals surface area contributed by atoms with Gasteiger partial charge in [0.1, 0.15) is 0 Å². The molecule has 700 valence electrons. The van der Waals surface area contributed by atoms with Crippen LogP contribution in [0.3, 0.4) is 0 Å². The minimum atomic E-state index is -0.0399. The van der Waals surface area contributed by atoms with Crippen LogP contribution in [0.2, 0.25) is 0 Å². The van der Waals surface area contributed by atoms with Crippen LogP contribution < -0.4 is 0 Å². The number of pyridine rings is 2. The number of hydrogen-bond acceptors (Lipinski definition) is 2. The molecule has 2 nitrogen and oxygen atoms in total. The summed E-state index contributed by atoms with van der Waals surface area (Å²) in [5.41, 5.74) is 42.3. The Kier molecular flexibility index (Phi) is 20.0. The summed E-state index contributed by atoms with van der Waals surface area (Å²) in [7, 11) is 0. The summed E-state index contributed by atoms with van der Waals surface area (Å²) in [6, 6.07) is 178. The Balaban J connectivity index is 0.000000105. The highest BCUT2D eigenvalue weighted by Gasteiger charge is 2.40. The summed E-state index contributed by atoms with van der Waals surface area (Å²) >= 11 is 0. The van der Waals surface area contributed by atoms with Crippen LogP contribution in [0.4, 0.5) is 0 Å². The molecule has 27 aromatic rings.